The minimum absolute atomic E-state index is 0.511. The maximum Gasteiger partial charge on any atom is 0.161 e. The highest BCUT2D eigenvalue weighted by Gasteiger charge is 2.08. The SMILES string of the molecule is COc1cc(-c2ncc[nH]2)ccc1OCc1ccccc1. The van der Waals surface area contributed by atoms with Crippen molar-refractivity contribution in [1.29, 1.82) is 0 Å². The van der Waals surface area contributed by atoms with Gasteiger partial charge < -0.3 is 14.5 Å². The van der Waals surface area contributed by atoms with Gasteiger partial charge in [0.15, 0.2) is 11.5 Å². The number of aromatic nitrogens is 2. The lowest BCUT2D eigenvalue weighted by molar-refractivity contribution is 0.284. The van der Waals surface area contributed by atoms with E-state index >= 15 is 0 Å². The van der Waals surface area contributed by atoms with Gasteiger partial charge in [-0.1, -0.05) is 30.3 Å². The summed E-state index contributed by atoms with van der Waals surface area (Å²) in [5.41, 5.74) is 2.08. The molecule has 106 valence electrons. The molecule has 1 aromatic heterocycles. The first-order valence-electron chi connectivity index (χ1n) is 6.71. The van der Waals surface area contributed by atoms with Crippen LogP contribution in [0.2, 0.25) is 0 Å². The Morgan fingerprint density at radius 3 is 2.62 bits per heavy atom. The van der Waals surface area contributed by atoms with Gasteiger partial charge in [0.25, 0.3) is 0 Å². The molecule has 21 heavy (non-hydrogen) atoms. The summed E-state index contributed by atoms with van der Waals surface area (Å²) in [6, 6.07) is 15.8. The van der Waals surface area contributed by atoms with Crippen molar-refractivity contribution >= 4 is 0 Å². The van der Waals surface area contributed by atoms with Crippen LogP contribution in [0.5, 0.6) is 11.5 Å². The molecule has 0 bridgehead atoms. The predicted octanol–water partition coefficient (Wildman–Crippen LogP) is 3.66. The Morgan fingerprint density at radius 1 is 1.05 bits per heavy atom. The Labute approximate surface area is 123 Å². The number of imidazole rings is 1. The third-order valence-electron chi connectivity index (χ3n) is 3.17. The van der Waals surface area contributed by atoms with Crippen molar-refractivity contribution in [2.75, 3.05) is 7.11 Å². The van der Waals surface area contributed by atoms with Crippen LogP contribution in [0.25, 0.3) is 11.4 Å². The van der Waals surface area contributed by atoms with Gasteiger partial charge in [-0.15, -0.1) is 0 Å². The van der Waals surface area contributed by atoms with Gasteiger partial charge in [0.2, 0.25) is 0 Å². The van der Waals surface area contributed by atoms with E-state index in [1.54, 1.807) is 19.5 Å². The van der Waals surface area contributed by atoms with Crippen molar-refractivity contribution in [2.24, 2.45) is 0 Å². The fourth-order valence-electron chi connectivity index (χ4n) is 2.09. The number of nitrogens with one attached hydrogen (secondary N) is 1. The van der Waals surface area contributed by atoms with Crippen molar-refractivity contribution in [2.45, 2.75) is 6.61 Å². The summed E-state index contributed by atoms with van der Waals surface area (Å²) in [7, 11) is 1.64. The van der Waals surface area contributed by atoms with Crippen molar-refractivity contribution in [3.63, 3.8) is 0 Å². The monoisotopic (exact) mass is 280 g/mol. The minimum Gasteiger partial charge on any atom is -0.493 e. The van der Waals surface area contributed by atoms with Crippen LogP contribution in [0.15, 0.2) is 60.9 Å². The maximum absolute atomic E-state index is 5.83. The number of ether oxygens (including phenoxy) is 2. The molecule has 0 fully saturated rings. The van der Waals surface area contributed by atoms with Crippen LogP contribution in [0.4, 0.5) is 0 Å². The first kappa shape index (κ1) is 13.2. The molecule has 4 heteroatoms. The fraction of sp³-hybridized carbons (Fsp3) is 0.118. The molecule has 2 aromatic carbocycles. The lowest BCUT2D eigenvalue weighted by Gasteiger charge is -2.11. The Kier molecular flexibility index (Phi) is 3.87. The number of aromatic amines is 1. The summed E-state index contributed by atoms with van der Waals surface area (Å²) in [6.07, 6.45) is 3.52. The number of methoxy groups -OCH3 is 1. The molecule has 3 aromatic rings. The van der Waals surface area contributed by atoms with Crippen LogP contribution in [-0.2, 0) is 6.61 Å². The molecule has 0 aliphatic heterocycles. The van der Waals surface area contributed by atoms with Crippen LogP contribution in [0.3, 0.4) is 0 Å². The third kappa shape index (κ3) is 3.05. The number of hydrogen-bond donors (Lipinski definition) is 1. The molecule has 0 unspecified atom stereocenters. The lowest BCUT2D eigenvalue weighted by Crippen LogP contribution is -1.97. The van der Waals surface area contributed by atoms with Gasteiger partial charge in [-0.3, -0.25) is 0 Å². The van der Waals surface area contributed by atoms with Crippen LogP contribution < -0.4 is 9.47 Å². The zero-order valence-corrected chi connectivity index (χ0v) is 11.7. The maximum atomic E-state index is 5.83. The van der Waals surface area contributed by atoms with E-state index in [0.29, 0.717) is 12.4 Å². The highest BCUT2D eigenvalue weighted by Crippen LogP contribution is 2.31. The van der Waals surface area contributed by atoms with E-state index in [-0.39, 0.29) is 0 Å². The molecule has 0 aliphatic rings. The Morgan fingerprint density at radius 2 is 1.90 bits per heavy atom. The second-order valence-corrected chi connectivity index (χ2v) is 4.58. The molecular formula is C17H16N2O2. The van der Waals surface area contributed by atoms with Crippen molar-refractivity contribution in [3.8, 4) is 22.9 Å². The van der Waals surface area contributed by atoms with Crippen LogP contribution >= 0.6 is 0 Å². The van der Waals surface area contributed by atoms with E-state index < -0.39 is 0 Å². The first-order chi connectivity index (χ1) is 10.4. The number of benzene rings is 2. The minimum atomic E-state index is 0.511. The average molecular weight is 280 g/mol. The van der Waals surface area contributed by atoms with E-state index in [4.69, 9.17) is 9.47 Å². The van der Waals surface area contributed by atoms with Crippen LogP contribution in [0, 0.1) is 0 Å². The van der Waals surface area contributed by atoms with E-state index in [0.717, 1.165) is 22.7 Å². The molecule has 4 nitrogen and oxygen atoms in total. The van der Waals surface area contributed by atoms with Gasteiger partial charge >= 0.3 is 0 Å². The Balaban J connectivity index is 1.79. The molecular weight excluding hydrogens is 264 g/mol. The quantitative estimate of drug-likeness (QED) is 0.775. The summed E-state index contributed by atoms with van der Waals surface area (Å²) in [5, 5.41) is 0. The molecule has 1 heterocycles. The summed E-state index contributed by atoms with van der Waals surface area (Å²) >= 11 is 0. The van der Waals surface area contributed by atoms with E-state index in [9.17, 15) is 0 Å². The van der Waals surface area contributed by atoms with Crippen LogP contribution in [0.1, 0.15) is 5.56 Å². The standard InChI is InChI=1S/C17H16N2O2/c1-20-16-11-14(17-18-9-10-19-17)7-8-15(16)21-12-13-5-3-2-4-6-13/h2-11H,12H2,1H3,(H,18,19). The fourth-order valence-corrected chi connectivity index (χ4v) is 2.09. The number of H-pyrrole nitrogens is 1. The normalized spacial score (nSPS) is 10.3. The molecule has 0 saturated carbocycles. The molecule has 0 aliphatic carbocycles. The molecule has 0 saturated heterocycles. The summed E-state index contributed by atoms with van der Waals surface area (Å²) in [6.45, 7) is 0.511. The topological polar surface area (TPSA) is 47.1 Å². The van der Waals surface area contributed by atoms with Gasteiger partial charge in [0.1, 0.15) is 12.4 Å². The predicted molar refractivity (Wildman–Crippen MR) is 81.3 cm³/mol. The largest absolute Gasteiger partial charge is 0.493 e. The van der Waals surface area contributed by atoms with Crippen LogP contribution in [-0.4, -0.2) is 17.1 Å². The molecule has 3 rings (SSSR count). The molecule has 0 radical (unpaired) electrons. The molecule has 1 N–H and O–H groups in total. The summed E-state index contributed by atoms with van der Waals surface area (Å²) in [5.74, 6) is 2.22. The van der Waals surface area contributed by atoms with Gasteiger partial charge in [-0.05, 0) is 23.8 Å². The zero-order valence-electron chi connectivity index (χ0n) is 11.7. The third-order valence-corrected chi connectivity index (χ3v) is 3.17. The molecule has 0 atom stereocenters. The molecule has 0 spiro atoms. The zero-order chi connectivity index (χ0) is 14.5. The second kappa shape index (κ2) is 6.13. The highest BCUT2D eigenvalue weighted by atomic mass is 16.5. The van der Waals surface area contributed by atoms with Crippen molar-refractivity contribution in [1.82, 2.24) is 9.97 Å². The Bertz CT molecular complexity index is 694. The van der Waals surface area contributed by atoms with E-state index in [1.807, 2.05) is 48.5 Å². The van der Waals surface area contributed by atoms with E-state index in [1.165, 1.54) is 0 Å². The Hall–Kier alpha value is -2.75. The first-order valence-corrected chi connectivity index (χ1v) is 6.71. The summed E-state index contributed by atoms with van der Waals surface area (Å²) < 4.78 is 11.2. The average Bonchev–Trinajstić information content (AvgIpc) is 3.08. The number of nitrogens with zero attached hydrogens (tertiary/aromatic N) is 1. The summed E-state index contributed by atoms with van der Waals surface area (Å²) in [4.78, 5) is 7.31. The molecule has 0 amide bonds. The van der Waals surface area contributed by atoms with Gasteiger partial charge in [-0.2, -0.15) is 0 Å². The van der Waals surface area contributed by atoms with Gasteiger partial charge in [0, 0.05) is 18.0 Å². The number of hydrogen-bond acceptors (Lipinski definition) is 3. The van der Waals surface area contributed by atoms with E-state index in [2.05, 4.69) is 9.97 Å². The van der Waals surface area contributed by atoms with Crippen molar-refractivity contribution in [3.05, 3.63) is 66.5 Å². The lowest BCUT2D eigenvalue weighted by atomic mass is 10.2. The highest BCUT2D eigenvalue weighted by molar-refractivity contribution is 5.61. The number of rotatable bonds is 5. The second-order valence-electron chi connectivity index (χ2n) is 4.58. The van der Waals surface area contributed by atoms with Crippen molar-refractivity contribution < 1.29 is 9.47 Å². The van der Waals surface area contributed by atoms with Gasteiger partial charge in [-0.25, -0.2) is 4.98 Å². The smallest absolute Gasteiger partial charge is 0.161 e. The van der Waals surface area contributed by atoms with Gasteiger partial charge in [0.05, 0.1) is 7.11 Å².